The lowest BCUT2D eigenvalue weighted by atomic mass is 10.1. The van der Waals surface area contributed by atoms with Crippen molar-refractivity contribution in [2.24, 2.45) is 5.73 Å². The van der Waals surface area contributed by atoms with E-state index in [2.05, 4.69) is 17.6 Å². The highest BCUT2D eigenvalue weighted by Crippen LogP contribution is 2.08. The van der Waals surface area contributed by atoms with Crippen LogP contribution in [0.3, 0.4) is 0 Å². The van der Waals surface area contributed by atoms with Crippen LogP contribution in [0.25, 0.3) is 0 Å². The minimum Gasteiger partial charge on any atom is -0.370 e. The summed E-state index contributed by atoms with van der Waals surface area (Å²) in [7, 11) is 0. The zero-order valence-corrected chi connectivity index (χ0v) is 21.2. The molecule has 2 aromatic carbocycles. The van der Waals surface area contributed by atoms with E-state index in [-0.39, 0.29) is 42.9 Å². The van der Waals surface area contributed by atoms with Crippen LogP contribution < -0.4 is 16.4 Å². The molecule has 4 N–H and O–H groups in total. The van der Waals surface area contributed by atoms with Crippen LogP contribution in [0.15, 0.2) is 60.7 Å². The van der Waals surface area contributed by atoms with Crippen LogP contribution in [0.2, 0.25) is 0 Å². The minimum absolute atomic E-state index is 0.160. The van der Waals surface area contributed by atoms with E-state index in [0.717, 1.165) is 24.0 Å². The van der Waals surface area contributed by atoms with Gasteiger partial charge < -0.3 is 15.5 Å². The molecule has 37 heavy (non-hydrogen) atoms. The molecule has 10 nitrogen and oxygen atoms in total. The molecule has 0 aromatic heterocycles. The molecule has 4 rings (SSSR count). The molecule has 2 aromatic rings. The Kier molecular flexibility index (Phi) is 12.3. The van der Waals surface area contributed by atoms with Gasteiger partial charge in [0.2, 0.25) is 17.7 Å². The van der Waals surface area contributed by atoms with E-state index in [9.17, 15) is 24.0 Å². The van der Waals surface area contributed by atoms with Crippen molar-refractivity contribution in [1.29, 1.82) is 0 Å². The molecule has 198 valence electrons. The van der Waals surface area contributed by atoms with Crippen molar-refractivity contribution in [3.8, 4) is 0 Å². The maximum absolute atomic E-state index is 11.2. The summed E-state index contributed by atoms with van der Waals surface area (Å²) in [5, 5.41) is 4.47. The van der Waals surface area contributed by atoms with Crippen molar-refractivity contribution in [2.75, 3.05) is 13.1 Å². The van der Waals surface area contributed by atoms with Crippen molar-refractivity contribution in [2.45, 2.75) is 52.1 Å². The quantitative estimate of drug-likeness (QED) is 0.352. The van der Waals surface area contributed by atoms with Gasteiger partial charge in [-0.3, -0.25) is 25.0 Å². The summed E-state index contributed by atoms with van der Waals surface area (Å²) in [6, 6.07) is 18.6. The Morgan fingerprint density at radius 3 is 1.49 bits per heavy atom. The fraction of sp³-hybridized carbons (Fsp3) is 0.370. The first-order valence-electron chi connectivity index (χ1n) is 12.3. The molecule has 0 atom stereocenters. The number of unbranched alkanes of at least 4 members (excludes halogenated alkanes) is 3. The highest BCUT2D eigenvalue weighted by atomic mass is 16.2. The fourth-order valence-electron chi connectivity index (χ4n) is 3.56. The third-order valence-corrected chi connectivity index (χ3v) is 5.45. The number of benzene rings is 2. The van der Waals surface area contributed by atoms with Crippen molar-refractivity contribution in [3.63, 3.8) is 0 Å². The van der Waals surface area contributed by atoms with E-state index in [1.165, 1.54) is 22.6 Å². The number of hydrogen-bond donors (Lipinski definition) is 3. The Labute approximate surface area is 217 Å². The molecule has 2 saturated heterocycles. The van der Waals surface area contributed by atoms with Gasteiger partial charge in [-0.2, -0.15) is 0 Å². The molecule has 0 radical (unpaired) electrons. The number of rotatable bonds is 9. The Hall–Kier alpha value is -4.21. The van der Waals surface area contributed by atoms with Gasteiger partial charge in [0, 0.05) is 19.5 Å². The van der Waals surface area contributed by atoms with Gasteiger partial charge in [-0.05, 0) is 17.5 Å². The first kappa shape index (κ1) is 29.0. The molecule has 0 bridgehead atoms. The predicted molar refractivity (Wildman–Crippen MR) is 139 cm³/mol. The van der Waals surface area contributed by atoms with Crippen LogP contribution in [-0.4, -0.2) is 52.7 Å². The average Bonchev–Trinajstić information content (AvgIpc) is 3.36. The molecule has 0 spiro atoms. The topological polar surface area (TPSA) is 142 Å². The van der Waals surface area contributed by atoms with Crippen molar-refractivity contribution in [1.82, 2.24) is 20.4 Å². The molecule has 2 fully saturated rings. The number of carbonyl (C=O) groups is 5. The summed E-state index contributed by atoms with van der Waals surface area (Å²) in [4.78, 5) is 57.3. The van der Waals surface area contributed by atoms with Crippen LogP contribution in [0.4, 0.5) is 9.59 Å². The second-order valence-corrected chi connectivity index (χ2v) is 8.67. The number of primary amides is 1. The molecule has 0 unspecified atom stereocenters. The van der Waals surface area contributed by atoms with Crippen LogP contribution in [-0.2, 0) is 27.5 Å². The lowest BCUT2D eigenvalue weighted by Crippen LogP contribution is -2.27. The monoisotopic (exact) mass is 509 g/mol. The van der Waals surface area contributed by atoms with Gasteiger partial charge in [0.25, 0.3) is 0 Å². The number of amides is 7. The summed E-state index contributed by atoms with van der Waals surface area (Å²) >= 11 is 0. The van der Waals surface area contributed by atoms with Gasteiger partial charge >= 0.3 is 12.1 Å². The van der Waals surface area contributed by atoms with Gasteiger partial charge in [-0.25, -0.2) is 9.59 Å². The SMILES string of the molecule is CCCCCCC(N)=O.O=C1CN(Cc2ccccc2)C(=O)N1.O=C1CN(Cc2ccccc2)C(=O)N1. The number of nitrogens with one attached hydrogen (secondary N) is 2. The standard InChI is InChI=1S/2C10H10N2O2.C7H15NO/c2*13-9-7-12(10(14)11-9)6-8-4-2-1-3-5-8;1-2-3-4-5-6-7(8)9/h2*1-5H,6-7H2,(H,11,13,14);2-6H2,1H3,(H2,8,9). The summed E-state index contributed by atoms with van der Waals surface area (Å²) in [6.45, 7) is 3.43. The number of imide groups is 2. The minimum atomic E-state index is -0.307. The van der Waals surface area contributed by atoms with E-state index < -0.39 is 0 Å². The molecule has 10 heteroatoms. The van der Waals surface area contributed by atoms with Gasteiger partial charge in [-0.15, -0.1) is 0 Å². The molecule has 2 aliphatic heterocycles. The summed E-state index contributed by atoms with van der Waals surface area (Å²) < 4.78 is 0. The first-order valence-corrected chi connectivity index (χ1v) is 12.3. The fourth-order valence-corrected chi connectivity index (χ4v) is 3.56. The maximum Gasteiger partial charge on any atom is 0.324 e. The van der Waals surface area contributed by atoms with Crippen molar-refractivity contribution < 1.29 is 24.0 Å². The second-order valence-electron chi connectivity index (χ2n) is 8.67. The zero-order valence-electron chi connectivity index (χ0n) is 21.2. The number of nitrogens with two attached hydrogens (primary N) is 1. The van der Waals surface area contributed by atoms with Gasteiger partial charge in [0.1, 0.15) is 13.1 Å². The smallest absolute Gasteiger partial charge is 0.324 e. The predicted octanol–water partition coefficient (Wildman–Crippen LogP) is 2.92. The van der Waals surface area contributed by atoms with Crippen molar-refractivity contribution >= 4 is 29.8 Å². The normalized spacial score (nSPS) is 14.3. The van der Waals surface area contributed by atoms with E-state index >= 15 is 0 Å². The van der Waals surface area contributed by atoms with Gasteiger partial charge in [-0.1, -0.05) is 86.8 Å². The Balaban J connectivity index is 0.000000201. The number of nitrogens with zero attached hydrogens (tertiary/aromatic N) is 2. The van der Waals surface area contributed by atoms with E-state index in [0.29, 0.717) is 19.5 Å². The molecule has 0 aliphatic carbocycles. The average molecular weight is 510 g/mol. The summed E-state index contributed by atoms with van der Waals surface area (Å²) in [6.07, 6.45) is 5.08. The first-order chi connectivity index (χ1) is 17.8. The second kappa shape index (κ2) is 15.7. The molecule has 2 aliphatic rings. The highest BCUT2D eigenvalue weighted by Gasteiger charge is 2.27. The molecule has 0 saturated carbocycles. The van der Waals surface area contributed by atoms with Crippen LogP contribution in [0.1, 0.15) is 50.2 Å². The number of urea groups is 2. The molecule has 7 amide bonds. The van der Waals surface area contributed by atoms with E-state index in [1.54, 1.807) is 0 Å². The van der Waals surface area contributed by atoms with Crippen LogP contribution in [0, 0.1) is 0 Å². The lowest BCUT2D eigenvalue weighted by Gasteiger charge is -2.12. The molecular weight excluding hydrogens is 474 g/mol. The molecule has 2 heterocycles. The number of carbonyl (C=O) groups excluding carboxylic acids is 5. The number of hydrogen-bond acceptors (Lipinski definition) is 5. The van der Waals surface area contributed by atoms with Crippen LogP contribution in [0.5, 0.6) is 0 Å². The Morgan fingerprint density at radius 2 is 1.16 bits per heavy atom. The van der Waals surface area contributed by atoms with Crippen LogP contribution >= 0.6 is 0 Å². The van der Waals surface area contributed by atoms with Crippen molar-refractivity contribution in [3.05, 3.63) is 71.8 Å². The van der Waals surface area contributed by atoms with Gasteiger partial charge in [0.15, 0.2) is 0 Å². The highest BCUT2D eigenvalue weighted by molar-refractivity contribution is 6.02. The zero-order chi connectivity index (χ0) is 27.0. The third-order valence-electron chi connectivity index (χ3n) is 5.45. The largest absolute Gasteiger partial charge is 0.370 e. The lowest BCUT2D eigenvalue weighted by molar-refractivity contribution is -0.119. The van der Waals surface area contributed by atoms with Gasteiger partial charge in [0.05, 0.1) is 0 Å². The summed E-state index contributed by atoms with van der Waals surface area (Å²) in [5.74, 6) is -0.636. The van der Waals surface area contributed by atoms with E-state index in [4.69, 9.17) is 5.73 Å². The third kappa shape index (κ3) is 11.4. The Morgan fingerprint density at radius 1 is 0.730 bits per heavy atom. The summed E-state index contributed by atoms with van der Waals surface area (Å²) in [5.41, 5.74) is 6.99. The van der Waals surface area contributed by atoms with E-state index in [1.807, 2.05) is 60.7 Å². The maximum atomic E-state index is 11.2. The molecular formula is C27H35N5O5. The Bertz CT molecular complexity index is 972.